The second kappa shape index (κ2) is 9.61. The molecule has 0 atom stereocenters. The van der Waals surface area contributed by atoms with Crippen molar-refractivity contribution in [2.45, 2.75) is 18.7 Å². The summed E-state index contributed by atoms with van der Waals surface area (Å²) in [5.41, 5.74) is -0.501. The number of para-hydroxylation sites is 1. The van der Waals surface area contributed by atoms with Crippen LogP contribution < -0.4 is 4.74 Å². The number of rotatable bonds is 9. The van der Waals surface area contributed by atoms with Crippen molar-refractivity contribution in [2.24, 2.45) is 0 Å². The first-order valence-electron chi connectivity index (χ1n) is 8.65. The fourth-order valence-corrected chi connectivity index (χ4v) is 3.94. The fraction of sp³-hybridized carbons (Fsp3) is 0.316. The largest absolute Gasteiger partial charge is 0.487 e. The molecule has 2 rings (SSSR count). The normalized spacial score (nSPS) is 11.5. The third-order valence-electron chi connectivity index (χ3n) is 3.91. The molecule has 152 valence electrons. The molecule has 0 aliphatic rings. The van der Waals surface area contributed by atoms with Crippen molar-refractivity contribution in [1.82, 2.24) is 4.31 Å². The number of sulfonamides is 1. The second-order valence-electron chi connectivity index (χ2n) is 5.65. The SMILES string of the molecule is CCN(CC)S(=O)(=O)c1ccc(F)c(C(=O)OCCOc2ccccc2F)c1. The number of ether oxygens (including phenoxy) is 2. The van der Waals surface area contributed by atoms with Crippen molar-refractivity contribution in [3.8, 4) is 5.75 Å². The predicted molar refractivity (Wildman–Crippen MR) is 98.7 cm³/mol. The topological polar surface area (TPSA) is 72.9 Å². The predicted octanol–water partition coefficient (Wildman–Crippen LogP) is 3.23. The quantitative estimate of drug-likeness (QED) is 0.466. The first-order chi connectivity index (χ1) is 13.3. The number of benzene rings is 2. The van der Waals surface area contributed by atoms with Crippen LogP contribution in [0, 0.1) is 11.6 Å². The second-order valence-corrected chi connectivity index (χ2v) is 7.58. The smallest absolute Gasteiger partial charge is 0.341 e. The van der Waals surface area contributed by atoms with Crippen LogP contribution in [0.1, 0.15) is 24.2 Å². The van der Waals surface area contributed by atoms with E-state index >= 15 is 0 Å². The number of nitrogens with zero attached hydrogens (tertiary/aromatic N) is 1. The van der Waals surface area contributed by atoms with Crippen molar-refractivity contribution in [1.29, 1.82) is 0 Å². The summed E-state index contributed by atoms with van der Waals surface area (Å²) < 4.78 is 63.7. The summed E-state index contributed by atoms with van der Waals surface area (Å²) >= 11 is 0. The Kier molecular flexibility index (Phi) is 7.47. The first kappa shape index (κ1) is 21.8. The number of carbonyl (C=O) groups excluding carboxylic acids is 1. The van der Waals surface area contributed by atoms with E-state index in [4.69, 9.17) is 9.47 Å². The van der Waals surface area contributed by atoms with E-state index in [0.29, 0.717) is 0 Å². The molecule has 0 saturated heterocycles. The van der Waals surface area contributed by atoms with Gasteiger partial charge in [-0.3, -0.25) is 0 Å². The fourth-order valence-electron chi connectivity index (χ4n) is 2.46. The first-order valence-corrected chi connectivity index (χ1v) is 10.1. The van der Waals surface area contributed by atoms with Gasteiger partial charge in [0, 0.05) is 13.1 Å². The molecule has 0 aliphatic heterocycles. The lowest BCUT2D eigenvalue weighted by Crippen LogP contribution is -2.30. The highest BCUT2D eigenvalue weighted by molar-refractivity contribution is 7.89. The molecule has 0 fully saturated rings. The van der Waals surface area contributed by atoms with Crippen LogP contribution in [0.25, 0.3) is 0 Å². The average Bonchev–Trinajstić information content (AvgIpc) is 2.67. The number of halogens is 2. The minimum Gasteiger partial charge on any atom is -0.487 e. The average molecular weight is 413 g/mol. The van der Waals surface area contributed by atoms with Gasteiger partial charge in [0.15, 0.2) is 11.6 Å². The zero-order chi connectivity index (χ0) is 20.7. The van der Waals surface area contributed by atoms with E-state index in [2.05, 4.69) is 0 Å². The van der Waals surface area contributed by atoms with Crippen molar-refractivity contribution >= 4 is 16.0 Å². The highest BCUT2D eigenvalue weighted by Gasteiger charge is 2.24. The van der Waals surface area contributed by atoms with Crippen LogP contribution in [0.4, 0.5) is 8.78 Å². The Balaban J connectivity index is 2.06. The molecule has 28 heavy (non-hydrogen) atoms. The van der Waals surface area contributed by atoms with E-state index in [-0.39, 0.29) is 36.9 Å². The molecule has 0 spiro atoms. The van der Waals surface area contributed by atoms with Gasteiger partial charge >= 0.3 is 5.97 Å². The molecule has 0 unspecified atom stereocenters. The maximum atomic E-state index is 14.0. The molecule has 0 bridgehead atoms. The van der Waals surface area contributed by atoms with Gasteiger partial charge in [-0.2, -0.15) is 4.31 Å². The molecule has 0 amide bonds. The van der Waals surface area contributed by atoms with Gasteiger partial charge in [0.25, 0.3) is 0 Å². The lowest BCUT2D eigenvalue weighted by Gasteiger charge is -2.18. The van der Waals surface area contributed by atoms with Crippen LogP contribution in [0.3, 0.4) is 0 Å². The summed E-state index contributed by atoms with van der Waals surface area (Å²) in [5, 5.41) is 0. The molecular formula is C19H21F2NO5S. The number of esters is 1. The van der Waals surface area contributed by atoms with Gasteiger partial charge in [0.1, 0.15) is 19.0 Å². The summed E-state index contributed by atoms with van der Waals surface area (Å²) in [6.45, 7) is 3.42. The van der Waals surface area contributed by atoms with E-state index < -0.39 is 33.2 Å². The van der Waals surface area contributed by atoms with Crippen LogP contribution >= 0.6 is 0 Å². The molecule has 9 heteroatoms. The Bertz CT molecular complexity index is 930. The molecule has 2 aromatic carbocycles. The van der Waals surface area contributed by atoms with E-state index in [9.17, 15) is 22.0 Å². The highest BCUT2D eigenvalue weighted by atomic mass is 32.2. The Hall–Kier alpha value is -2.52. The maximum Gasteiger partial charge on any atom is 0.341 e. The molecule has 0 N–H and O–H groups in total. The van der Waals surface area contributed by atoms with E-state index in [1.165, 1.54) is 22.5 Å². The van der Waals surface area contributed by atoms with Crippen LogP contribution in [-0.2, 0) is 14.8 Å². The molecule has 2 aromatic rings. The standard InChI is InChI=1S/C19H21F2NO5S/c1-3-22(4-2)28(24,25)14-9-10-16(20)15(13-14)19(23)27-12-11-26-18-8-6-5-7-17(18)21/h5-10,13H,3-4,11-12H2,1-2H3. The Morgan fingerprint density at radius 1 is 1.00 bits per heavy atom. The molecule has 0 heterocycles. The Labute approximate surface area is 162 Å². The third kappa shape index (κ3) is 5.05. The maximum absolute atomic E-state index is 14.0. The monoisotopic (exact) mass is 413 g/mol. The van der Waals surface area contributed by atoms with Crippen LogP contribution in [-0.4, -0.2) is 45.0 Å². The minimum atomic E-state index is -3.85. The van der Waals surface area contributed by atoms with Crippen molar-refractivity contribution < 1.29 is 31.5 Å². The van der Waals surface area contributed by atoms with Crippen LogP contribution in [0.2, 0.25) is 0 Å². The molecule has 6 nitrogen and oxygen atoms in total. The van der Waals surface area contributed by atoms with E-state index in [1.807, 2.05) is 0 Å². The van der Waals surface area contributed by atoms with Crippen molar-refractivity contribution in [3.63, 3.8) is 0 Å². The number of hydrogen-bond donors (Lipinski definition) is 0. The van der Waals surface area contributed by atoms with Gasteiger partial charge in [-0.15, -0.1) is 0 Å². The van der Waals surface area contributed by atoms with Gasteiger partial charge in [-0.25, -0.2) is 22.0 Å². The van der Waals surface area contributed by atoms with Crippen LogP contribution in [0.5, 0.6) is 5.75 Å². The summed E-state index contributed by atoms with van der Waals surface area (Å²) in [7, 11) is -3.85. The van der Waals surface area contributed by atoms with Crippen LogP contribution in [0.15, 0.2) is 47.4 Å². The van der Waals surface area contributed by atoms with Gasteiger partial charge in [0.05, 0.1) is 10.5 Å². The summed E-state index contributed by atoms with van der Waals surface area (Å²) in [6, 6.07) is 8.68. The third-order valence-corrected chi connectivity index (χ3v) is 5.96. The zero-order valence-corrected chi connectivity index (χ0v) is 16.3. The van der Waals surface area contributed by atoms with E-state index in [1.54, 1.807) is 19.9 Å². The lowest BCUT2D eigenvalue weighted by atomic mass is 10.2. The number of hydrogen-bond acceptors (Lipinski definition) is 5. The minimum absolute atomic E-state index is 0.00274. The molecular weight excluding hydrogens is 392 g/mol. The molecule has 0 aromatic heterocycles. The molecule has 0 radical (unpaired) electrons. The van der Waals surface area contributed by atoms with Gasteiger partial charge in [0.2, 0.25) is 10.0 Å². The van der Waals surface area contributed by atoms with E-state index in [0.717, 1.165) is 18.2 Å². The van der Waals surface area contributed by atoms with Gasteiger partial charge in [-0.1, -0.05) is 26.0 Å². The summed E-state index contributed by atoms with van der Waals surface area (Å²) in [6.07, 6.45) is 0. The Morgan fingerprint density at radius 3 is 2.32 bits per heavy atom. The van der Waals surface area contributed by atoms with Crippen molar-refractivity contribution in [3.05, 3.63) is 59.7 Å². The summed E-state index contributed by atoms with van der Waals surface area (Å²) in [4.78, 5) is 11.9. The van der Waals surface area contributed by atoms with Gasteiger partial charge < -0.3 is 9.47 Å². The van der Waals surface area contributed by atoms with Gasteiger partial charge in [-0.05, 0) is 30.3 Å². The highest BCUT2D eigenvalue weighted by Crippen LogP contribution is 2.20. The Morgan fingerprint density at radius 2 is 1.68 bits per heavy atom. The zero-order valence-electron chi connectivity index (χ0n) is 15.5. The molecule has 0 saturated carbocycles. The van der Waals surface area contributed by atoms with Crippen molar-refractivity contribution in [2.75, 3.05) is 26.3 Å². The molecule has 0 aliphatic carbocycles. The lowest BCUT2D eigenvalue weighted by molar-refractivity contribution is 0.0443. The number of carbonyl (C=O) groups is 1. The summed E-state index contributed by atoms with van der Waals surface area (Å²) in [5.74, 6) is -2.50.